The van der Waals surface area contributed by atoms with Crippen molar-refractivity contribution in [3.8, 4) is 0 Å². The first-order valence-corrected chi connectivity index (χ1v) is 27.8. The van der Waals surface area contributed by atoms with Crippen LogP contribution in [-0.4, -0.2) is 49.5 Å². The molecule has 4 nitrogen and oxygen atoms in total. The Bertz CT molecular complexity index is 2040. The van der Waals surface area contributed by atoms with Crippen LogP contribution in [0.2, 0.25) is 0 Å². The monoisotopic (exact) mass is 938 g/mol. The summed E-state index contributed by atoms with van der Waals surface area (Å²) < 4.78 is 79.6. The molecule has 0 amide bonds. The van der Waals surface area contributed by atoms with Crippen LogP contribution in [0.3, 0.4) is 0 Å². The van der Waals surface area contributed by atoms with Crippen LogP contribution in [0, 0.1) is 23.3 Å². The van der Waals surface area contributed by atoms with Gasteiger partial charge < -0.3 is 0 Å². The Morgan fingerprint density at radius 2 is 0.500 bits per heavy atom. The molecule has 0 aliphatic carbocycles. The number of carbonyl (C=O) groups excluding carboxylic acids is 2. The summed E-state index contributed by atoms with van der Waals surface area (Å²) >= 11 is -10.2. The summed E-state index contributed by atoms with van der Waals surface area (Å²) in [6.07, 6.45) is 0. The van der Waals surface area contributed by atoms with Crippen molar-refractivity contribution in [3.05, 3.63) is 216 Å². The van der Waals surface area contributed by atoms with Gasteiger partial charge in [-0.1, -0.05) is 0 Å². The van der Waals surface area contributed by atoms with Crippen LogP contribution >= 0.6 is 0 Å². The predicted octanol–water partition coefficient (Wildman–Crippen LogP) is 5.89. The van der Waals surface area contributed by atoms with Crippen LogP contribution in [0.5, 0.6) is 0 Å². The van der Waals surface area contributed by atoms with Gasteiger partial charge in [0.2, 0.25) is 0 Å². The Morgan fingerprint density at radius 1 is 0.315 bits per heavy atom. The van der Waals surface area contributed by atoms with E-state index < -0.39 is 83.9 Å². The van der Waals surface area contributed by atoms with E-state index in [9.17, 15) is 9.59 Å². The summed E-state index contributed by atoms with van der Waals surface area (Å²) in [5, 5.41) is 0. The second-order valence-electron chi connectivity index (χ2n) is 12.3. The van der Waals surface area contributed by atoms with Gasteiger partial charge in [0.05, 0.1) is 0 Å². The average molecular weight is 936 g/mol. The third-order valence-electron chi connectivity index (χ3n) is 9.25. The molecule has 54 heavy (non-hydrogen) atoms. The summed E-state index contributed by atoms with van der Waals surface area (Å²) in [4.78, 5) is 29.3. The van der Waals surface area contributed by atoms with Crippen molar-refractivity contribution in [1.29, 1.82) is 0 Å². The third kappa shape index (κ3) is 6.73. The molecule has 0 aromatic heterocycles. The van der Waals surface area contributed by atoms with Crippen molar-refractivity contribution in [1.82, 2.24) is 0 Å². The maximum atomic E-state index is 16.2. The van der Waals surface area contributed by atoms with Gasteiger partial charge in [-0.05, 0) is 0 Å². The summed E-state index contributed by atoms with van der Waals surface area (Å²) in [5.74, 6) is -11.7. The normalized spacial score (nSPS) is 11.5. The minimum absolute atomic E-state index is 0.609. The van der Waals surface area contributed by atoms with E-state index in [1.807, 2.05) is 0 Å². The van der Waals surface area contributed by atoms with Crippen LogP contribution in [0.15, 0.2) is 182 Å². The second kappa shape index (κ2) is 16.0. The molecule has 0 heterocycles. The summed E-state index contributed by atoms with van der Waals surface area (Å²) in [6, 6.07) is 52.9. The predicted molar refractivity (Wildman–Crippen MR) is 205 cm³/mol. The van der Waals surface area contributed by atoms with Gasteiger partial charge in [-0.3, -0.25) is 0 Å². The number of rotatable bonds is 10. The molecule has 0 bridgehead atoms. The molecule has 0 fully saturated rings. The first-order chi connectivity index (χ1) is 26.3. The van der Waals surface area contributed by atoms with Gasteiger partial charge in [-0.25, -0.2) is 0 Å². The standard InChI is InChI=1S/C8H2F4O4.6C6H5.2Sn/c9-3-1(7(13)14)2(8(15)16)4(10)6(12)5(3)11;6*1-2-4-6-5-3-1;;/h(H,13,14)(H,15,16);6*1-5H;;/q;;;;;;;2*+1/p-2. The Labute approximate surface area is 318 Å². The molecular weight excluding hydrogens is 906 g/mol. The number of carbonyl (C=O) groups is 2. The van der Waals surface area contributed by atoms with E-state index in [2.05, 4.69) is 0 Å². The van der Waals surface area contributed by atoms with Gasteiger partial charge in [-0.15, -0.1) is 0 Å². The van der Waals surface area contributed by atoms with Gasteiger partial charge in [0, 0.05) is 0 Å². The van der Waals surface area contributed by atoms with Crippen molar-refractivity contribution >= 4 is 71.0 Å². The van der Waals surface area contributed by atoms with Crippen molar-refractivity contribution in [2.24, 2.45) is 0 Å². The Hall–Kier alpha value is -5.20. The second-order valence-corrected chi connectivity index (χ2v) is 31.2. The molecule has 7 aromatic rings. The molecule has 0 atom stereocenters. The summed E-state index contributed by atoms with van der Waals surface area (Å²) in [6.45, 7) is 0. The van der Waals surface area contributed by atoms with Crippen LogP contribution in [-0.2, 0) is 6.15 Å². The van der Waals surface area contributed by atoms with Crippen molar-refractivity contribution in [2.75, 3.05) is 0 Å². The van der Waals surface area contributed by atoms with Gasteiger partial charge in [0.25, 0.3) is 0 Å². The quantitative estimate of drug-likeness (QED) is 0.0744. The van der Waals surface area contributed by atoms with Gasteiger partial charge >= 0.3 is 321 Å². The van der Waals surface area contributed by atoms with Crippen molar-refractivity contribution in [2.45, 2.75) is 0 Å². The van der Waals surface area contributed by atoms with Crippen molar-refractivity contribution < 1.29 is 33.3 Å². The number of hydrogen-bond acceptors (Lipinski definition) is 4. The van der Waals surface area contributed by atoms with Crippen LogP contribution in [0.1, 0.15) is 20.7 Å². The molecule has 0 spiro atoms. The average Bonchev–Trinajstić information content (AvgIpc) is 3.24. The zero-order valence-corrected chi connectivity index (χ0v) is 34.2. The van der Waals surface area contributed by atoms with Gasteiger partial charge in [-0.2, -0.15) is 0 Å². The van der Waals surface area contributed by atoms with E-state index in [0.717, 1.165) is 0 Å². The maximum absolute atomic E-state index is 16.2. The number of halogens is 4. The molecule has 0 aliphatic heterocycles. The molecule has 0 saturated carbocycles. The minimum atomic E-state index is -5.10. The topological polar surface area (TPSA) is 52.6 Å². The molecule has 266 valence electrons. The zero-order valence-electron chi connectivity index (χ0n) is 28.5. The molecule has 0 aliphatic rings. The Balaban J connectivity index is 1.45. The Morgan fingerprint density at radius 3 is 0.685 bits per heavy atom. The van der Waals surface area contributed by atoms with Crippen LogP contribution in [0.4, 0.5) is 17.6 Å². The fourth-order valence-electron chi connectivity index (χ4n) is 6.79. The van der Waals surface area contributed by atoms with Crippen LogP contribution < -0.4 is 21.5 Å². The van der Waals surface area contributed by atoms with E-state index in [1.54, 1.807) is 182 Å². The Kier molecular flexibility index (Phi) is 11.0. The van der Waals surface area contributed by atoms with E-state index in [-0.39, 0.29) is 0 Å². The van der Waals surface area contributed by atoms with E-state index >= 15 is 17.6 Å². The fourth-order valence-corrected chi connectivity index (χ4v) is 28.0. The van der Waals surface area contributed by atoms with E-state index in [4.69, 9.17) is 6.15 Å². The first kappa shape index (κ1) is 37.1. The molecular formula is C44H30F4O4Sn2. The van der Waals surface area contributed by atoms with Gasteiger partial charge in [0.1, 0.15) is 0 Å². The summed E-state index contributed by atoms with van der Waals surface area (Å²) in [5.41, 5.74) is -2.79. The SMILES string of the molecule is O=C([O][Sn]([c]1ccccc1)([c]1ccccc1)[c]1ccccc1)c1c(F)c(F)c(F)c(F)c1C(=O)[O][Sn]([c]1ccccc1)([c]1ccccc1)[c]1ccccc1. The molecule has 10 heteroatoms. The molecule has 0 saturated heterocycles. The zero-order chi connectivity index (χ0) is 37.7. The number of benzene rings is 7. The molecule has 7 rings (SSSR count). The first-order valence-electron chi connectivity index (χ1n) is 16.9. The van der Waals surface area contributed by atoms with Crippen LogP contribution in [0.25, 0.3) is 0 Å². The number of hydrogen-bond donors (Lipinski definition) is 0. The molecule has 0 N–H and O–H groups in total. The van der Waals surface area contributed by atoms with E-state index in [1.165, 1.54) is 0 Å². The van der Waals surface area contributed by atoms with Crippen molar-refractivity contribution in [3.63, 3.8) is 0 Å². The van der Waals surface area contributed by atoms with E-state index in [0.29, 0.717) is 21.5 Å². The van der Waals surface area contributed by atoms with Gasteiger partial charge in [0.15, 0.2) is 0 Å². The molecule has 7 aromatic carbocycles. The molecule has 0 unspecified atom stereocenters. The third-order valence-corrected chi connectivity index (χ3v) is 31.7. The fraction of sp³-hybridized carbons (Fsp3) is 0. The summed E-state index contributed by atoms with van der Waals surface area (Å²) in [7, 11) is 0. The molecule has 0 radical (unpaired) electrons.